The van der Waals surface area contributed by atoms with Gasteiger partial charge in [0.2, 0.25) is 0 Å². The Bertz CT molecular complexity index is 502. The molecule has 1 heterocycles. The Labute approximate surface area is 92.3 Å². The quantitative estimate of drug-likeness (QED) is 0.810. The van der Waals surface area contributed by atoms with E-state index < -0.39 is 6.09 Å². The molecule has 0 aliphatic rings. The average Bonchev–Trinajstić information content (AvgIpc) is 2.65. The SMILES string of the molecule is Cn1ccc(-c2ccc(NC(=O)O)cc2)n1. The van der Waals surface area contributed by atoms with E-state index in [0.717, 1.165) is 11.3 Å². The first-order valence-electron chi connectivity index (χ1n) is 4.75. The number of nitrogens with zero attached hydrogens (tertiary/aromatic N) is 2. The highest BCUT2D eigenvalue weighted by Gasteiger charge is 2.02. The second-order valence-corrected chi connectivity index (χ2v) is 3.38. The first kappa shape index (κ1) is 10.2. The fourth-order valence-corrected chi connectivity index (χ4v) is 1.42. The topological polar surface area (TPSA) is 67.2 Å². The fraction of sp³-hybridized carbons (Fsp3) is 0.0909. The van der Waals surface area contributed by atoms with E-state index in [-0.39, 0.29) is 0 Å². The minimum absolute atomic E-state index is 0.548. The van der Waals surface area contributed by atoms with Gasteiger partial charge < -0.3 is 5.11 Å². The van der Waals surface area contributed by atoms with Gasteiger partial charge >= 0.3 is 6.09 Å². The van der Waals surface area contributed by atoms with Gasteiger partial charge in [-0.1, -0.05) is 12.1 Å². The first-order chi connectivity index (χ1) is 7.65. The number of carbonyl (C=O) groups is 1. The van der Waals surface area contributed by atoms with Crippen LogP contribution in [0.3, 0.4) is 0 Å². The number of carboxylic acid groups (broad SMARTS) is 1. The van der Waals surface area contributed by atoms with E-state index >= 15 is 0 Å². The Kier molecular flexibility index (Phi) is 2.59. The van der Waals surface area contributed by atoms with Crippen LogP contribution in [0.5, 0.6) is 0 Å². The predicted molar refractivity (Wildman–Crippen MR) is 60.3 cm³/mol. The molecule has 5 heteroatoms. The lowest BCUT2D eigenvalue weighted by molar-refractivity contribution is 0.210. The van der Waals surface area contributed by atoms with Gasteiger partial charge in [-0.2, -0.15) is 5.10 Å². The predicted octanol–water partition coefficient (Wildman–Crippen LogP) is 2.18. The molecular formula is C11H11N3O2. The van der Waals surface area contributed by atoms with Crippen LogP contribution in [0.1, 0.15) is 0 Å². The van der Waals surface area contributed by atoms with Crippen LogP contribution in [0.25, 0.3) is 11.3 Å². The van der Waals surface area contributed by atoms with Crippen molar-refractivity contribution >= 4 is 11.8 Å². The molecule has 1 amide bonds. The second-order valence-electron chi connectivity index (χ2n) is 3.38. The zero-order chi connectivity index (χ0) is 11.5. The normalized spacial score (nSPS) is 10.1. The molecule has 0 bridgehead atoms. The summed E-state index contributed by atoms with van der Waals surface area (Å²) in [6.45, 7) is 0. The van der Waals surface area contributed by atoms with Gasteiger partial charge in [0.15, 0.2) is 0 Å². The smallest absolute Gasteiger partial charge is 0.409 e. The van der Waals surface area contributed by atoms with Crippen molar-refractivity contribution in [3.63, 3.8) is 0 Å². The van der Waals surface area contributed by atoms with Crippen LogP contribution in [-0.2, 0) is 7.05 Å². The number of rotatable bonds is 2. The van der Waals surface area contributed by atoms with Crippen LogP contribution in [0, 0.1) is 0 Å². The highest BCUT2D eigenvalue weighted by Crippen LogP contribution is 2.19. The zero-order valence-corrected chi connectivity index (χ0v) is 8.71. The van der Waals surface area contributed by atoms with Gasteiger partial charge in [-0.3, -0.25) is 10.00 Å². The molecule has 0 unspecified atom stereocenters. The maximum atomic E-state index is 10.4. The van der Waals surface area contributed by atoms with E-state index in [1.807, 2.05) is 31.4 Å². The molecular weight excluding hydrogens is 206 g/mol. The summed E-state index contributed by atoms with van der Waals surface area (Å²) < 4.78 is 1.72. The Morgan fingerprint density at radius 3 is 2.50 bits per heavy atom. The largest absolute Gasteiger partial charge is 0.465 e. The van der Waals surface area contributed by atoms with E-state index in [1.54, 1.807) is 16.8 Å². The standard InChI is InChI=1S/C11H11N3O2/c1-14-7-6-10(13-14)8-2-4-9(5-3-8)12-11(15)16/h2-7,12H,1H3,(H,15,16). The molecule has 0 aliphatic carbocycles. The molecule has 1 aromatic heterocycles. The molecule has 0 fully saturated rings. The zero-order valence-electron chi connectivity index (χ0n) is 8.71. The molecule has 0 saturated carbocycles. The summed E-state index contributed by atoms with van der Waals surface area (Å²) in [7, 11) is 1.85. The summed E-state index contributed by atoms with van der Waals surface area (Å²) in [5.41, 5.74) is 2.37. The lowest BCUT2D eigenvalue weighted by Gasteiger charge is -2.01. The number of benzene rings is 1. The van der Waals surface area contributed by atoms with Gasteiger partial charge in [0.05, 0.1) is 5.69 Å². The molecule has 5 nitrogen and oxygen atoms in total. The number of nitrogens with one attached hydrogen (secondary N) is 1. The van der Waals surface area contributed by atoms with Crippen molar-refractivity contribution in [2.24, 2.45) is 7.05 Å². The van der Waals surface area contributed by atoms with Crippen molar-refractivity contribution in [3.05, 3.63) is 36.5 Å². The highest BCUT2D eigenvalue weighted by atomic mass is 16.4. The third kappa shape index (κ3) is 2.20. The summed E-state index contributed by atoms with van der Waals surface area (Å²) in [6.07, 6.45) is 0.796. The third-order valence-electron chi connectivity index (χ3n) is 2.15. The molecule has 1 aromatic carbocycles. The van der Waals surface area contributed by atoms with Crippen LogP contribution in [-0.4, -0.2) is 21.0 Å². The van der Waals surface area contributed by atoms with Crippen molar-refractivity contribution < 1.29 is 9.90 Å². The summed E-state index contributed by atoms with van der Waals surface area (Å²) >= 11 is 0. The summed E-state index contributed by atoms with van der Waals surface area (Å²) in [6, 6.07) is 8.97. The highest BCUT2D eigenvalue weighted by molar-refractivity contribution is 5.83. The Hall–Kier alpha value is -2.30. The monoisotopic (exact) mass is 217 g/mol. The molecule has 0 saturated heterocycles. The van der Waals surface area contributed by atoms with E-state index in [1.165, 1.54) is 0 Å². The van der Waals surface area contributed by atoms with Crippen molar-refractivity contribution in [2.45, 2.75) is 0 Å². The molecule has 2 N–H and O–H groups in total. The van der Waals surface area contributed by atoms with Crippen LogP contribution < -0.4 is 5.32 Å². The maximum absolute atomic E-state index is 10.4. The summed E-state index contributed by atoms with van der Waals surface area (Å²) in [4.78, 5) is 10.4. The second kappa shape index (κ2) is 4.06. The van der Waals surface area contributed by atoms with Crippen LogP contribution in [0.4, 0.5) is 10.5 Å². The van der Waals surface area contributed by atoms with Crippen molar-refractivity contribution in [1.29, 1.82) is 0 Å². The number of hydrogen-bond acceptors (Lipinski definition) is 2. The lowest BCUT2D eigenvalue weighted by Crippen LogP contribution is -2.06. The molecule has 0 radical (unpaired) electrons. The van der Waals surface area contributed by atoms with Crippen LogP contribution >= 0.6 is 0 Å². The lowest BCUT2D eigenvalue weighted by atomic mass is 10.1. The molecule has 0 spiro atoms. The van der Waals surface area contributed by atoms with Crippen molar-refractivity contribution in [2.75, 3.05) is 5.32 Å². The molecule has 16 heavy (non-hydrogen) atoms. The molecule has 0 aliphatic heterocycles. The van der Waals surface area contributed by atoms with Crippen LogP contribution in [0.15, 0.2) is 36.5 Å². The van der Waals surface area contributed by atoms with E-state index in [2.05, 4.69) is 10.4 Å². The Morgan fingerprint density at radius 2 is 2.00 bits per heavy atom. The van der Waals surface area contributed by atoms with Gasteiger partial charge in [0.1, 0.15) is 0 Å². The number of aryl methyl sites for hydroxylation is 1. The number of amides is 1. The van der Waals surface area contributed by atoms with Crippen molar-refractivity contribution in [3.8, 4) is 11.3 Å². The Balaban J connectivity index is 2.22. The third-order valence-corrected chi connectivity index (χ3v) is 2.15. The van der Waals surface area contributed by atoms with Gasteiger partial charge in [-0.05, 0) is 18.2 Å². The molecule has 0 atom stereocenters. The summed E-state index contributed by atoms with van der Waals surface area (Å²) in [5.74, 6) is 0. The number of aromatic nitrogens is 2. The fourth-order valence-electron chi connectivity index (χ4n) is 1.42. The minimum atomic E-state index is -1.06. The molecule has 82 valence electrons. The molecule has 2 rings (SSSR count). The minimum Gasteiger partial charge on any atom is -0.465 e. The van der Waals surface area contributed by atoms with Gasteiger partial charge in [-0.25, -0.2) is 4.79 Å². The average molecular weight is 217 g/mol. The Morgan fingerprint density at radius 1 is 1.31 bits per heavy atom. The van der Waals surface area contributed by atoms with E-state index in [0.29, 0.717) is 5.69 Å². The maximum Gasteiger partial charge on any atom is 0.409 e. The van der Waals surface area contributed by atoms with Gasteiger partial charge in [0.25, 0.3) is 0 Å². The molecule has 2 aromatic rings. The van der Waals surface area contributed by atoms with Gasteiger partial charge in [-0.15, -0.1) is 0 Å². The van der Waals surface area contributed by atoms with Crippen molar-refractivity contribution in [1.82, 2.24) is 9.78 Å². The van der Waals surface area contributed by atoms with E-state index in [4.69, 9.17) is 5.11 Å². The number of anilines is 1. The van der Waals surface area contributed by atoms with E-state index in [9.17, 15) is 4.79 Å². The van der Waals surface area contributed by atoms with Crippen LogP contribution in [0.2, 0.25) is 0 Å². The summed E-state index contributed by atoms with van der Waals surface area (Å²) in [5, 5.41) is 15.1. The van der Waals surface area contributed by atoms with Gasteiger partial charge in [0, 0.05) is 24.5 Å². The number of hydrogen-bond donors (Lipinski definition) is 2. The first-order valence-corrected chi connectivity index (χ1v) is 4.75.